The van der Waals surface area contributed by atoms with Crippen molar-refractivity contribution < 1.29 is 9.47 Å². The molecule has 2 rings (SSSR count). The van der Waals surface area contributed by atoms with E-state index in [1.807, 2.05) is 13.8 Å². The van der Waals surface area contributed by atoms with Crippen LogP contribution in [0.4, 0.5) is 0 Å². The van der Waals surface area contributed by atoms with E-state index in [-0.39, 0.29) is 5.60 Å². The Labute approximate surface area is 93.7 Å². The minimum atomic E-state index is 0.281. The van der Waals surface area contributed by atoms with Gasteiger partial charge in [-0.05, 0) is 19.8 Å². The summed E-state index contributed by atoms with van der Waals surface area (Å²) in [7, 11) is 1.76. The van der Waals surface area contributed by atoms with E-state index in [1.165, 1.54) is 25.9 Å². The van der Waals surface area contributed by atoms with E-state index in [2.05, 4.69) is 11.8 Å². The predicted molar refractivity (Wildman–Crippen MR) is 62.2 cm³/mol. The van der Waals surface area contributed by atoms with Crippen LogP contribution in [0, 0.1) is 0 Å². The Morgan fingerprint density at radius 1 is 1.33 bits per heavy atom. The second-order valence-electron chi connectivity index (χ2n) is 4.16. The van der Waals surface area contributed by atoms with Crippen molar-refractivity contribution in [2.45, 2.75) is 45.3 Å². The van der Waals surface area contributed by atoms with Gasteiger partial charge in [0, 0.05) is 26.7 Å². The molecule has 1 spiro atoms. The fraction of sp³-hybridized carbons (Fsp3) is 1.00. The molecule has 0 aromatic heterocycles. The van der Waals surface area contributed by atoms with E-state index in [9.17, 15) is 0 Å². The Hall–Kier alpha value is -0.120. The van der Waals surface area contributed by atoms with Gasteiger partial charge < -0.3 is 14.4 Å². The summed E-state index contributed by atoms with van der Waals surface area (Å²) in [5.41, 5.74) is 0.281. The normalized spacial score (nSPS) is 28.4. The average Bonchev–Trinajstić information content (AvgIpc) is 2.91. The Morgan fingerprint density at radius 3 is 2.27 bits per heavy atom. The number of methoxy groups -OCH3 is 1. The molecular formula is C12H25NO2. The molecule has 0 N–H and O–H groups in total. The molecule has 3 nitrogen and oxygen atoms in total. The van der Waals surface area contributed by atoms with Crippen LogP contribution in [0.25, 0.3) is 0 Å². The highest BCUT2D eigenvalue weighted by Gasteiger charge is 2.53. The highest BCUT2D eigenvalue weighted by Crippen LogP contribution is 2.44. The van der Waals surface area contributed by atoms with Crippen LogP contribution < -0.4 is 0 Å². The fourth-order valence-corrected chi connectivity index (χ4v) is 2.22. The summed E-state index contributed by atoms with van der Waals surface area (Å²) in [6.07, 6.45) is 2.92. The van der Waals surface area contributed by atoms with Gasteiger partial charge in [-0.15, -0.1) is 0 Å². The van der Waals surface area contributed by atoms with Gasteiger partial charge in [0.2, 0.25) is 0 Å². The molecule has 0 amide bonds. The maximum absolute atomic E-state index is 5.64. The molecule has 2 aliphatic rings. The Bertz CT molecular complexity index is 176. The van der Waals surface area contributed by atoms with E-state index in [0.717, 1.165) is 13.2 Å². The number of hydrogen-bond acceptors (Lipinski definition) is 3. The molecule has 2 heterocycles. The standard InChI is InChI=1S/C10H19NO2.C2H6/c1-9-10(13-9)3-5-11(6-4-10)7-8-12-2;1-2/h9H,3-8H2,1-2H3;1-2H3. The first-order chi connectivity index (χ1) is 7.27. The molecule has 0 aromatic rings. The third-order valence-corrected chi connectivity index (χ3v) is 3.41. The first-order valence-corrected chi connectivity index (χ1v) is 6.16. The number of ether oxygens (including phenoxy) is 2. The molecule has 0 saturated carbocycles. The zero-order valence-corrected chi connectivity index (χ0v) is 10.6. The maximum Gasteiger partial charge on any atom is 0.0969 e. The molecule has 2 fully saturated rings. The van der Waals surface area contributed by atoms with E-state index in [4.69, 9.17) is 9.47 Å². The van der Waals surface area contributed by atoms with Crippen molar-refractivity contribution >= 4 is 0 Å². The summed E-state index contributed by atoms with van der Waals surface area (Å²) in [5.74, 6) is 0. The third kappa shape index (κ3) is 3.16. The SMILES string of the molecule is CC.COCCN1CCC2(CC1)OC2C. The fourth-order valence-electron chi connectivity index (χ4n) is 2.22. The van der Waals surface area contributed by atoms with Crippen LogP contribution in [0.3, 0.4) is 0 Å². The summed E-state index contributed by atoms with van der Waals surface area (Å²) in [4.78, 5) is 2.46. The predicted octanol–water partition coefficient (Wildman–Crippen LogP) is 1.91. The summed E-state index contributed by atoms with van der Waals surface area (Å²) in [6.45, 7) is 10.5. The van der Waals surface area contributed by atoms with Crippen molar-refractivity contribution in [2.75, 3.05) is 33.4 Å². The zero-order chi connectivity index (χ0) is 11.3. The highest BCUT2D eigenvalue weighted by molar-refractivity contribution is 5.03. The molecule has 0 bridgehead atoms. The second kappa shape index (κ2) is 5.83. The van der Waals surface area contributed by atoms with Gasteiger partial charge in [-0.1, -0.05) is 13.8 Å². The van der Waals surface area contributed by atoms with Crippen LogP contribution in [0.1, 0.15) is 33.6 Å². The van der Waals surface area contributed by atoms with Crippen LogP contribution in [0.5, 0.6) is 0 Å². The van der Waals surface area contributed by atoms with Gasteiger partial charge in [-0.3, -0.25) is 0 Å². The molecule has 90 valence electrons. The van der Waals surface area contributed by atoms with Gasteiger partial charge in [0.15, 0.2) is 0 Å². The largest absolute Gasteiger partial charge is 0.383 e. The number of nitrogens with zero attached hydrogens (tertiary/aromatic N) is 1. The molecule has 15 heavy (non-hydrogen) atoms. The molecule has 0 aliphatic carbocycles. The number of likely N-dealkylation sites (tertiary alicyclic amines) is 1. The molecular weight excluding hydrogens is 190 g/mol. The van der Waals surface area contributed by atoms with Crippen LogP contribution in [0.2, 0.25) is 0 Å². The lowest BCUT2D eigenvalue weighted by Crippen LogP contribution is -2.40. The lowest BCUT2D eigenvalue weighted by atomic mass is 9.94. The van der Waals surface area contributed by atoms with Crippen molar-refractivity contribution in [3.63, 3.8) is 0 Å². The maximum atomic E-state index is 5.64. The zero-order valence-electron chi connectivity index (χ0n) is 10.6. The number of epoxide rings is 1. The molecule has 0 aromatic carbocycles. The van der Waals surface area contributed by atoms with Crippen LogP contribution in [-0.4, -0.2) is 50.0 Å². The summed E-state index contributed by atoms with van der Waals surface area (Å²) < 4.78 is 10.7. The summed E-state index contributed by atoms with van der Waals surface area (Å²) in [6, 6.07) is 0. The van der Waals surface area contributed by atoms with Gasteiger partial charge in [0.1, 0.15) is 0 Å². The quantitative estimate of drug-likeness (QED) is 0.672. The van der Waals surface area contributed by atoms with Gasteiger partial charge >= 0.3 is 0 Å². The summed E-state index contributed by atoms with van der Waals surface area (Å²) >= 11 is 0. The number of piperidine rings is 1. The minimum absolute atomic E-state index is 0.281. The highest BCUT2D eigenvalue weighted by atomic mass is 16.6. The lowest BCUT2D eigenvalue weighted by Gasteiger charge is -2.30. The van der Waals surface area contributed by atoms with Crippen LogP contribution in [-0.2, 0) is 9.47 Å². The number of rotatable bonds is 3. The van der Waals surface area contributed by atoms with E-state index >= 15 is 0 Å². The lowest BCUT2D eigenvalue weighted by molar-refractivity contribution is 0.106. The van der Waals surface area contributed by atoms with Gasteiger partial charge in [-0.25, -0.2) is 0 Å². The smallest absolute Gasteiger partial charge is 0.0969 e. The second-order valence-corrected chi connectivity index (χ2v) is 4.16. The third-order valence-electron chi connectivity index (χ3n) is 3.41. The van der Waals surface area contributed by atoms with E-state index < -0.39 is 0 Å². The minimum Gasteiger partial charge on any atom is -0.383 e. The monoisotopic (exact) mass is 215 g/mol. The van der Waals surface area contributed by atoms with Crippen molar-refractivity contribution in [3.05, 3.63) is 0 Å². The van der Waals surface area contributed by atoms with Crippen LogP contribution >= 0.6 is 0 Å². The van der Waals surface area contributed by atoms with E-state index in [1.54, 1.807) is 7.11 Å². The van der Waals surface area contributed by atoms with Crippen molar-refractivity contribution in [3.8, 4) is 0 Å². The molecule has 0 radical (unpaired) electrons. The van der Waals surface area contributed by atoms with Crippen molar-refractivity contribution in [1.82, 2.24) is 4.90 Å². The van der Waals surface area contributed by atoms with Gasteiger partial charge in [0.05, 0.1) is 18.3 Å². The molecule has 3 heteroatoms. The Morgan fingerprint density at radius 2 is 1.87 bits per heavy atom. The van der Waals surface area contributed by atoms with E-state index in [0.29, 0.717) is 6.10 Å². The van der Waals surface area contributed by atoms with Crippen LogP contribution in [0.15, 0.2) is 0 Å². The molecule has 1 atom stereocenters. The average molecular weight is 215 g/mol. The van der Waals surface area contributed by atoms with Gasteiger partial charge in [0.25, 0.3) is 0 Å². The molecule has 2 aliphatic heterocycles. The molecule has 2 saturated heterocycles. The Kier molecular flexibility index (Phi) is 5.03. The Balaban J connectivity index is 0.000000531. The summed E-state index contributed by atoms with van der Waals surface area (Å²) in [5, 5.41) is 0. The first kappa shape index (κ1) is 12.9. The van der Waals surface area contributed by atoms with Gasteiger partial charge in [-0.2, -0.15) is 0 Å². The first-order valence-electron chi connectivity index (χ1n) is 6.16. The molecule has 1 unspecified atom stereocenters. The van der Waals surface area contributed by atoms with Crippen molar-refractivity contribution in [2.24, 2.45) is 0 Å². The van der Waals surface area contributed by atoms with Crippen molar-refractivity contribution in [1.29, 1.82) is 0 Å². The number of hydrogen-bond donors (Lipinski definition) is 0. The topological polar surface area (TPSA) is 25.0 Å².